The summed E-state index contributed by atoms with van der Waals surface area (Å²) in [6.07, 6.45) is -0.380. The predicted molar refractivity (Wildman–Crippen MR) is 74.2 cm³/mol. The number of carboxylic acids is 1. The lowest BCUT2D eigenvalue weighted by molar-refractivity contribution is -0.138. The average molecular weight is 264 g/mol. The first kappa shape index (κ1) is 15.2. The minimum atomic E-state index is -1.09. The van der Waals surface area contributed by atoms with Crippen molar-refractivity contribution in [3.8, 4) is 0 Å². The Morgan fingerprint density at radius 2 is 1.68 bits per heavy atom. The van der Waals surface area contributed by atoms with E-state index in [1.165, 1.54) is 0 Å². The van der Waals surface area contributed by atoms with E-state index < -0.39 is 17.9 Å². The summed E-state index contributed by atoms with van der Waals surface area (Å²) in [6, 6.07) is 1.01. The third-order valence-electron chi connectivity index (χ3n) is 3.35. The maximum absolute atomic E-state index is 11.9. The van der Waals surface area contributed by atoms with Crippen molar-refractivity contribution in [3.63, 3.8) is 0 Å². The Morgan fingerprint density at radius 3 is 2.11 bits per heavy atom. The summed E-state index contributed by atoms with van der Waals surface area (Å²) in [4.78, 5) is 22.4. The fraction of sp³-hybridized carbons (Fsp3) is 0.429. The lowest BCUT2D eigenvalue weighted by atomic mass is 9.98. The van der Waals surface area contributed by atoms with Gasteiger partial charge in [-0.15, -0.1) is 0 Å². The van der Waals surface area contributed by atoms with E-state index in [9.17, 15) is 9.59 Å². The van der Waals surface area contributed by atoms with Crippen LogP contribution < -0.4 is 11.1 Å². The van der Waals surface area contributed by atoms with Crippen LogP contribution in [-0.4, -0.2) is 23.0 Å². The van der Waals surface area contributed by atoms with E-state index in [0.717, 1.165) is 27.9 Å². The number of aryl methyl sites for hydroxylation is 2. The van der Waals surface area contributed by atoms with Gasteiger partial charge in [-0.05, 0) is 49.9 Å². The summed E-state index contributed by atoms with van der Waals surface area (Å²) < 4.78 is 0. The second kappa shape index (κ2) is 5.84. The molecule has 0 fully saturated rings. The molecule has 0 aliphatic heterocycles. The van der Waals surface area contributed by atoms with Gasteiger partial charge in [-0.1, -0.05) is 6.07 Å². The van der Waals surface area contributed by atoms with Gasteiger partial charge in [0, 0.05) is 5.69 Å². The zero-order chi connectivity index (χ0) is 14.7. The van der Waals surface area contributed by atoms with Gasteiger partial charge in [0.2, 0.25) is 5.91 Å². The van der Waals surface area contributed by atoms with E-state index in [2.05, 4.69) is 11.4 Å². The molecule has 1 rings (SSSR count). The molecule has 0 aliphatic carbocycles. The molecule has 19 heavy (non-hydrogen) atoms. The third kappa shape index (κ3) is 3.54. The highest BCUT2D eigenvalue weighted by Gasteiger charge is 2.19. The fourth-order valence-corrected chi connectivity index (χ4v) is 1.90. The normalized spacial score (nSPS) is 12.1. The summed E-state index contributed by atoms with van der Waals surface area (Å²) in [5.41, 5.74) is 10.4. The van der Waals surface area contributed by atoms with E-state index >= 15 is 0 Å². The second-order valence-electron chi connectivity index (χ2n) is 4.83. The van der Waals surface area contributed by atoms with Crippen molar-refractivity contribution >= 4 is 17.6 Å². The quantitative estimate of drug-likeness (QED) is 0.771. The van der Waals surface area contributed by atoms with Crippen LogP contribution in [0.1, 0.15) is 28.7 Å². The molecule has 0 radical (unpaired) electrons. The maximum Gasteiger partial charge on any atom is 0.305 e. The Bertz CT molecular complexity index is 498. The average Bonchev–Trinajstić information content (AvgIpc) is 2.31. The fourth-order valence-electron chi connectivity index (χ4n) is 1.90. The molecule has 0 saturated carbocycles. The van der Waals surface area contributed by atoms with E-state index in [-0.39, 0.29) is 6.42 Å². The van der Waals surface area contributed by atoms with Gasteiger partial charge in [0.05, 0.1) is 12.5 Å². The summed E-state index contributed by atoms with van der Waals surface area (Å²) in [7, 11) is 0. The first-order valence-electron chi connectivity index (χ1n) is 6.09. The number of aliphatic carboxylic acids is 1. The Balaban J connectivity index is 3.00. The smallest absolute Gasteiger partial charge is 0.305 e. The van der Waals surface area contributed by atoms with E-state index in [1.54, 1.807) is 0 Å². The lowest BCUT2D eigenvalue weighted by Crippen LogP contribution is -2.37. The van der Waals surface area contributed by atoms with Crippen molar-refractivity contribution in [2.24, 2.45) is 5.73 Å². The Kier molecular flexibility index (Phi) is 4.67. The Morgan fingerprint density at radius 1 is 1.21 bits per heavy atom. The number of carbonyl (C=O) groups excluding carboxylic acids is 1. The van der Waals surface area contributed by atoms with Crippen LogP contribution >= 0.6 is 0 Å². The summed E-state index contributed by atoms with van der Waals surface area (Å²) in [6.45, 7) is 7.77. The third-order valence-corrected chi connectivity index (χ3v) is 3.35. The number of nitrogens with one attached hydrogen (secondary N) is 1. The molecule has 1 unspecified atom stereocenters. The number of hydrogen-bond acceptors (Lipinski definition) is 3. The number of benzene rings is 1. The standard InChI is InChI=1S/C14H20N2O3/c1-7-5-8(2)10(4)13(9(7)3)16-14(19)11(15)6-12(17)18/h5,11H,6,15H2,1-4H3,(H,16,19)(H,17,18). The molecule has 1 atom stereocenters. The molecule has 0 aliphatic rings. The number of amides is 1. The largest absolute Gasteiger partial charge is 0.481 e. The number of nitrogens with two attached hydrogens (primary N) is 1. The van der Waals surface area contributed by atoms with E-state index in [1.807, 2.05) is 27.7 Å². The molecule has 1 aromatic rings. The van der Waals surface area contributed by atoms with Gasteiger partial charge in [-0.3, -0.25) is 9.59 Å². The number of hydrogen-bond donors (Lipinski definition) is 3. The van der Waals surface area contributed by atoms with Crippen LogP contribution in [0.4, 0.5) is 5.69 Å². The highest BCUT2D eigenvalue weighted by atomic mass is 16.4. The van der Waals surface area contributed by atoms with Crippen molar-refractivity contribution in [2.75, 3.05) is 5.32 Å². The van der Waals surface area contributed by atoms with Crippen molar-refractivity contribution in [1.82, 2.24) is 0 Å². The van der Waals surface area contributed by atoms with Gasteiger partial charge in [0.1, 0.15) is 0 Å². The molecule has 4 N–H and O–H groups in total. The molecule has 0 aromatic heterocycles. The minimum absolute atomic E-state index is 0.380. The highest BCUT2D eigenvalue weighted by molar-refractivity contribution is 5.98. The zero-order valence-corrected chi connectivity index (χ0v) is 11.7. The SMILES string of the molecule is Cc1cc(C)c(C)c(NC(=O)C(N)CC(=O)O)c1C. The Hall–Kier alpha value is -1.88. The van der Waals surface area contributed by atoms with Crippen molar-refractivity contribution in [1.29, 1.82) is 0 Å². The van der Waals surface area contributed by atoms with Crippen LogP contribution in [0, 0.1) is 27.7 Å². The molecular weight excluding hydrogens is 244 g/mol. The summed E-state index contributed by atoms with van der Waals surface area (Å²) in [5.74, 6) is -1.56. The predicted octanol–water partition coefficient (Wildman–Crippen LogP) is 1.66. The molecule has 0 heterocycles. The molecule has 1 aromatic carbocycles. The van der Waals surface area contributed by atoms with Gasteiger partial charge in [-0.25, -0.2) is 0 Å². The van der Waals surface area contributed by atoms with Gasteiger partial charge < -0.3 is 16.2 Å². The monoisotopic (exact) mass is 264 g/mol. The minimum Gasteiger partial charge on any atom is -0.481 e. The van der Waals surface area contributed by atoms with Crippen LogP contribution in [0.3, 0.4) is 0 Å². The number of rotatable bonds is 4. The molecular formula is C14H20N2O3. The summed E-state index contributed by atoms with van der Waals surface area (Å²) >= 11 is 0. The molecule has 0 saturated heterocycles. The van der Waals surface area contributed by atoms with E-state index in [4.69, 9.17) is 10.8 Å². The Labute approximate surface area is 112 Å². The zero-order valence-electron chi connectivity index (χ0n) is 11.7. The molecule has 0 bridgehead atoms. The lowest BCUT2D eigenvalue weighted by Gasteiger charge is -2.18. The molecule has 0 spiro atoms. The number of carbonyl (C=O) groups is 2. The number of carboxylic acid groups (broad SMARTS) is 1. The van der Waals surface area contributed by atoms with Crippen molar-refractivity contribution in [3.05, 3.63) is 28.3 Å². The molecule has 1 amide bonds. The van der Waals surface area contributed by atoms with Crippen molar-refractivity contribution < 1.29 is 14.7 Å². The molecule has 5 heteroatoms. The van der Waals surface area contributed by atoms with Crippen LogP contribution in [0.25, 0.3) is 0 Å². The van der Waals surface area contributed by atoms with Crippen molar-refractivity contribution in [2.45, 2.75) is 40.2 Å². The summed E-state index contributed by atoms with van der Waals surface area (Å²) in [5, 5.41) is 11.4. The van der Waals surface area contributed by atoms with Gasteiger partial charge >= 0.3 is 5.97 Å². The first-order chi connectivity index (χ1) is 8.73. The second-order valence-corrected chi connectivity index (χ2v) is 4.83. The maximum atomic E-state index is 11.9. The molecule has 5 nitrogen and oxygen atoms in total. The first-order valence-corrected chi connectivity index (χ1v) is 6.09. The highest BCUT2D eigenvalue weighted by Crippen LogP contribution is 2.26. The van der Waals surface area contributed by atoms with Crippen LogP contribution in [0.15, 0.2) is 6.07 Å². The van der Waals surface area contributed by atoms with Gasteiger partial charge in [-0.2, -0.15) is 0 Å². The van der Waals surface area contributed by atoms with Gasteiger partial charge in [0.25, 0.3) is 0 Å². The molecule has 104 valence electrons. The topological polar surface area (TPSA) is 92.4 Å². The van der Waals surface area contributed by atoms with Crippen LogP contribution in [0.2, 0.25) is 0 Å². The van der Waals surface area contributed by atoms with Crippen LogP contribution in [-0.2, 0) is 9.59 Å². The van der Waals surface area contributed by atoms with Gasteiger partial charge in [0.15, 0.2) is 0 Å². The number of anilines is 1. The van der Waals surface area contributed by atoms with E-state index in [0.29, 0.717) is 0 Å². The van der Waals surface area contributed by atoms with Crippen LogP contribution in [0.5, 0.6) is 0 Å².